The Morgan fingerprint density at radius 3 is 2.62 bits per heavy atom. The normalized spacial score (nSPS) is 21.9. The summed E-state index contributed by atoms with van der Waals surface area (Å²) in [5, 5.41) is 10.3. The number of carbonyl (C=O) groups is 2. The number of hydrogen-bond acceptors (Lipinski definition) is 3. The van der Waals surface area contributed by atoms with Crippen LogP contribution in [0, 0.1) is 18.8 Å². The molecule has 1 aromatic carbocycles. The maximum absolute atomic E-state index is 12.7. The monoisotopic (exact) mass is 303 g/mol. The minimum absolute atomic E-state index is 0.00105. The van der Waals surface area contributed by atoms with Crippen molar-refractivity contribution in [3.63, 3.8) is 0 Å². The minimum Gasteiger partial charge on any atom is -0.481 e. The van der Waals surface area contributed by atoms with Crippen molar-refractivity contribution in [1.82, 2.24) is 4.90 Å². The van der Waals surface area contributed by atoms with Crippen molar-refractivity contribution >= 4 is 33.3 Å². The Bertz CT molecular complexity index is 721. The molecule has 3 rings (SSSR count). The third kappa shape index (κ3) is 2.31. The molecule has 0 unspecified atom stereocenters. The molecular weight excluding hydrogens is 286 g/mol. The van der Waals surface area contributed by atoms with Gasteiger partial charge in [-0.2, -0.15) is 0 Å². The van der Waals surface area contributed by atoms with Crippen LogP contribution in [0.3, 0.4) is 0 Å². The zero-order chi connectivity index (χ0) is 15.1. The third-order valence-electron chi connectivity index (χ3n) is 4.25. The Kier molecular flexibility index (Phi) is 3.45. The first kappa shape index (κ1) is 14.1. The summed E-state index contributed by atoms with van der Waals surface area (Å²) in [4.78, 5) is 26.3. The molecule has 21 heavy (non-hydrogen) atoms. The van der Waals surface area contributed by atoms with E-state index in [0.717, 1.165) is 20.5 Å². The zero-order valence-corrected chi connectivity index (χ0v) is 12.8. The molecule has 0 bridgehead atoms. The number of carboxylic acids is 1. The largest absolute Gasteiger partial charge is 0.481 e. The van der Waals surface area contributed by atoms with Crippen LogP contribution in [0.1, 0.15) is 22.2 Å². The highest BCUT2D eigenvalue weighted by Gasteiger charge is 2.37. The maximum Gasteiger partial charge on any atom is 0.308 e. The zero-order valence-electron chi connectivity index (χ0n) is 12.0. The van der Waals surface area contributed by atoms with Gasteiger partial charge in [0.1, 0.15) is 0 Å². The Morgan fingerprint density at radius 1 is 1.29 bits per heavy atom. The van der Waals surface area contributed by atoms with Crippen LogP contribution in [0.2, 0.25) is 0 Å². The van der Waals surface area contributed by atoms with Gasteiger partial charge in [0.2, 0.25) is 0 Å². The van der Waals surface area contributed by atoms with E-state index >= 15 is 0 Å². The molecule has 0 spiro atoms. The number of fused-ring (bicyclic) bond motifs is 1. The molecule has 1 aromatic heterocycles. The van der Waals surface area contributed by atoms with Gasteiger partial charge in [-0.05, 0) is 29.9 Å². The van der Waals surface area contributed by atoms with E-state index in [4.69, 9.17) is 0 Å². The van der Waals surface area contributed by atoms with E-state index in [2.05, 4.69) is 0 Å². The number of aliphatic carboxylic acids is 1. The Labute approximate surface area is 127 Å². The molecule has 5 heteroatoms. The summed E-state index contributed by atoms with van der Waals surface area (Å²) in [5.41, 5.74) is 0.993. The van der Waals surface area contributed by atoms with Crippen LogP contribution < -0.4 is 0 Å². The predicted octanol–water partition coefficient (Wildman–Crippen LogP) is 3.00. The third-order valence-corrected chi connectivity index (χ3v) is 5.52. The number of amides is 1. The Morgan fingerprint density at radius 2 is 2.00 bits per heavy atom. The maximum atomic E-state index is 12.7. The van der Waals surface area contributed by atoms with Gasteiger partial charge in [0.25, 0.3) is 5.91 Å². The second-order valence-corrected chi connectivity index (χ2v) is 6.74. The van der Waals surface area contributed by atoms with Gasteiger partial charge in [-0.1, -0.05) is 25.1 Å². The van der Waals surface area contributed by atoms with Crippen LogP contribution in [0.4, 0.5) is 0 Å². The molecular formula is C16H17NO3S. The van der Waals surface area contributed by atoms with E-state index in [9.17, 15) is 14.7 Å². The Balaban J connectivity index is 1.91. The number of nitrogens with zero attached hydrogens (tertiary/aromatic N) is 1. The fourth-order valence-electron chi connectivity index (χ4n) is 2.98. The second-order valence-electron chi connectivity index (χ2n) is 5.68. The first-order valence-corrected chi connectivity index (χ1v) is 7.81. The number of aryl methyl sites for hydroxylation is 1. The molecule has 0 saturated carbocycles. The summed E-state index contributed by atoms with van der Waals surface area (Å²) in [6.07, 6.45) is 0. The van der Waals surface area contributed by atoms with Gasteiger partial charge in [0.15, 0.2) is 0 Å². The molecule has 1 N–H and O–H groups in total. The number of likely N-dealkylation sites (tertiary alicyclic amines) is 1. The van der Waals surface area contributed by atoms with E-state index in [0.29, 0.717) is 13.1 Å². The molecule has 1 aliphatic heterocycles. The van der Waals surface area contributed by atoms with Gasteiger partial charge in [-0.3, -0.25) is 9.59 Å². The molecule has 0 aliphatic carbocycles. The van der Waals surface area contributed by atoms with Crippen LogP contribution in [-0.4, -0.2) is 35.0 Å². The number of carbonyl (C=O) groups excluding carboxylic acids is 1. The van der Waals surface area contributed by atoms with E-state index in [1.165, 1.54) is 11.3 Å². The lowest BCUT2D eigenvalue weighted by molar-refractivity contribution is -0.142. The number of hydrogen-bond donors (Lipinski definition) is 1. The molecule has 1 saturated heterocycles. The summed E-state index contributed by atoms with van der Waals surface area (Å²) in [5.74, 6) is -1.31. The van der Waals surface area contributed by atoms with Crippen LogP contribution in [0.15, 0.2) is 24.3 Å². The minimum atomic E-state index is -0.814. The smallest absolute Gasteiger partial charge is 0.308 e. The van der Waals surface area contributed by atoms with Crippen LogP contribution in [0.25, 0.3) is 10.1 Å². The lowest BCUT2D eigenvalue weighted by Crippen LogP contribution is -2.29. The van der Waals surface area contributed by atoms with Gasteiger partial charge in [-0.15, -0.1) is 11.3 Å². The lowest BCUT2D eigenvalue weighted by Gasteiger charge is -2.15. The first-order valence-electron chi connectivity index (χ1n) is 6.99. The standard InChI is InChI=1S/C16H17NO3S/c1-9-7-17(8-12(9)16(19)20)15(18)14-10(2)11-5-3-4-6-13(11)21-14/h3-6,9,12H,7-8H2,1-2H3,(H,19,20)/t9-,12-/m1/s1. The fourth-order valence-corrected chi connectivity index (χ4v) is 4.15. The molecule has 1 aliphatic rings. The van der Waals surface area contributed by atoms with Crippen molar-refractivity contribution in [3.05, 3.63) is 34.7 Å². The Hall–Kier alpha value is -1.88. The van der Waals surface area contributed by atoms with Crippen molar-refractivity contribution in [1.29, 1.82) is 0 Å². The predicted molar refractivity (Wildman–Crippen MR) is 82.8 cm³/mol. The highest BCUT2D eigenvalue weighted by atomic mass is 32.1. The van der Waals surface area contributed by atoms with Crippen molar-refractivity contribution in [2.75, 3.05) is 13.1 Å². The van der Waals surface area contributed by atoms with E-state index in [1.807, 2.05) is 38.1 Å². The number of benzene rings is 1. The van der Waals surface area contributed by atoms with Gasteiger partial charge in [-0.25, -0.2) is 0 Å². The molecule has 4 nitrogen and oxygen atoms in total. The van der Waals surface area contributed by atoms with Crippen molar-refractivity contribution in [2.24, 2.45) is 11.8 Å². The molecule has 1 amide bonds. The first-order chi connectivity index (χ1) is 9.99. The van der Waals surface area contributed by atoms with Gasteiger partial charge < -0.3 is 10.0 Å². The molecule has 2 atom stereocenters. The summed E-state index contributed by atoms with van der Waals surface area (Å²) in [6.45, 7) is 4.68. The van der Waals surface area contributed by atoms with E-state index < -0.39 is 11.9 Å². The highest BCUT2D eigenvalue weighted by Crippen LogP contribution is 2.33. The van der Waals surface area contributed by atoms with Crippen LogP contribution >= 0.6 is 11.3 Å². The van der Waals surface area contributed by atoms with Gasteiger partial charge in [0, 0.05) is 17.8 Å². The van der Waals surface area contributed by atoms with E-state index in [-0.39, 0.29) is 11.8 Å². The number of rotatable bonds is 2. The number of carboxylic acid groups (broad SMARTS) is 1. The van der Waals surface area contributed by atoms with Crippen LogP contribution in [0.5, 0.6) is 0 Å². The van der Waals surface area contributed by atoms with Crippen molar-refractivity contribution in [3.8, 4) is 0 Å². The number of thiophene rings is 1. The lowest BCUT2D eigenvalue weighted by atomic mass is 9.99. The molecule has 110 valence electrons. The highest BCUT2D eigenvalue weighted by molar-refractivity contribution is 7.21. The summed E-state index contributed by atoms with van der Waals surface area (Å²) >= 11 is 1.49. The van der Waals surface area contributed by atoms with Gasteiger partial charge in [0.05, 0.1) is 10.8 Å². The average molecular weight is 303 g/mol. The van der Waals surface area contributed by atoms with E-state index in [1.54, 1.807) is 4.90 Å². The summed E-state index contributed by atoms with van der Waals surface area (Å²) < 4.78 is 1.10. The fraction of sp³-hybridized carbons (Fsp3) is 0.375. The quantitative estimate of drug-likeness (QED) is 0.928. The topological polar surface area (TPSA) is 57.6 Å². The van der Waals surface area contributed by atoms with Crippen LogP contribution in [-0.2, 0) is 4.79 Å². The second kappa shape index (κ2) is 5.15. The molecule has 2 heterocycles. The summed E-state index contributed by atoms with van der Waals surface area (Å²) in [6, 6.07) is 7.96. The molecule has 2 aromatic rings. The molecule has 0 radical (unpaired) electrons. The SMILES string of the molecule is Cc1c(C(=O)N2C[C@@H](C)[C@H](C(=O)O)C2)sc2ccccc12. The molecule has 1 fully saturated rings. The van der Waals surface area contributed by atoms with Crippen molar-refractivity contribution in [2.45, 2.75) is 13.8 Å². The van der Waals surface area contributed by atoms with Gasteiger partial charge >= 0.3 is 5.97 Å². The van der Waals surface area contributed by atoms with Crippen molar-refractivity contribution < 1.29 is 14.7 Å². The summed E-state index contributed by atoms with van der Waals surface area (Å²) in [7, 11) is 0. The average Bonchev–Trinajstić information content (AvgIpc) is 3.00.